The van der Waals surface area contributed by atoms with Gasteiger partial charge < -0.3 is 0 Å². The Balaban J connectivity index is 5.19. The number of ketones is 2. The summed E-state index contributed by atoms with van der Waals surface area (Å²) in [7, 11) is 0. The van der Waals surface area contributed by atoms with Gasteiger partial charge in [0.2, 0.25) is 5.78 Å². The van der Waals surface area contributed by atoms with Crippen molar-refractivity contribution in [2.24, 2.45) is 0 Å². The van der Waals surface area contributed by atoms with Crippen molar-refractivity contribution >= 4 is 11.6 Å². The minimum atomic E-state index is -6.59. The van der Waals surface area contributed by atoms with Crippen molar-refractivity contribution in [1.82, 2.24) is 0 Å². The summed E-state index contributed by atoms with van der Waals surface area (Å²) in [5, 5.41) is 0. The smallest absolute Gasteiger partial charge is 0.294 e. The van der Waals surface area contributed by atoms with Gasteiger partial charge in [-0.25, -0.2) is 0 Å². The summed E-state index contributed by atoms with van der Waals surface area (Å²) in [6.07, 6.45) is -7.63. The Morgan fingerprint density at radius 1 is 0.947 bits per heavy atom. The SMILES string of the molecule is CC(C)=CC(=O)CC(=O)C(F)(F)C(F)(F)C(F)(F)F. The van der Waals surface area contributed by atoms with Crippen molar-refractivity contribution in [2.75, 3.05) is 0 Å². The fourth-order valence-electron chi connectivity index (χ4n) is 0.995. The maximum Gasteiger partial charge on any atom is 0.460 e. The zero-order valence-corrected chi connectivity index (χ0v) is 9.75. The molecule has 0 radical (unpaired) electrons. The lowest BCUT2D eigenvalue weighted by molar-refractivity contribution is -0.343. The average molecular weight is 294 g/mol. The first-order valence-corrected chi connectivity index (χ1v) is 4.77. The van der Waals surface area contributed by atoms with Crippen LogP contribution in [0, 0.1) is 0 Å². The number of hydrogen-bond donors (Lipinski definition) is 0. The molecule has 0 aromatic carbocycles. The Bertz CT molecular complexity index is 403. The van der Waals surface area contributed by atoms with Gasteiger partial charge in [0, 0.05) is 0 Å². The predicted molar refractivity (Wildman–Crippen MR) is 50.0 cm³/mol. The monoisotopic (exact) mass is 294 g/mol. The summed E-state index contributed by atoms with van der Waals surface area (Å²) in [6, 6.07) is 0. The van der Waals surface area contributed by atoms with E-state index in [-0.39, 0.29) is 5.57 Å². The Morgan fingerprint density at radius 3 is 1.68 bits per heavy atom. The summed E-state index contributed by atoms with van der Waals surface area (Å²) in [5.41, 5.74) is 0.281. The van der Waals surface area contributed by atoms with Crippen LogP contribution in [0.25, 0.3) is 0 Å². The number of hydrogen-bond acceptors (Lipinski definition) is 2. The van der Waals surface area contributed by atoms with Crippen molar-refractivity contribution in [1.29, 1.82) is 0 Å². The Morgan fingerprint density at radius 2 is 1.37 bits per heavy atom. The highest BCUT2D eigenvalue weighted by Crippen LogP contribution is 2.47. The number of Topliss-reactive ketones (excluding diaryl/α,β-unsaturated/α-hetero) is 1. The standard InChI is InChI=1S/C10H9F7O2/c1-5(2)3-6(18)4-7(19)8(11,12)9(13,14)10(15,16)17/h3H,4H2,1-2H3. The van der Waals surface area contributed by atoms with E-state index in [0.717, 1.165) is 0 Å². The van der Waals surface area contributed by atoms with Crippen LogP contribution >= 0.6 is 0 Å². The van der Waals surface area contributed by atoms with Crippen LogP contribution < -0.4 is 0 Å². The molecule has 0 unspecified atom stereocenters. The number of alkyl halides is 7. The van der Waals surface area contributed by atoms with E-state index in [2.05, 4.69) is 0 Å². The summed E-state index contributed by atoms with van der Waals surface area (Å²) < 4.78 is 85.8. The van der Waals surface area contributed by atoms with Crippen molar-refractivity contribution < 1.29 is 40.3 Å². The predicted octanol–water partition coefficient (Wildman–Crippen LogP) is 3.31. The molecule has 0 aliphatic heterocycles. The van der Waals surface area contributed by atoms with Gasteiger partial charge in [-0.2, -0.15) is 30.7 Å². The third kappa shape index (κ3) is 3.77. The third-order valence-corrected chi connectivity index (χ3v) is 1.89. The van der Waals surface area contributed by atoms with Crippen molar-refractivity contribution in [3.8, 4) is 0 Å². The van der Waals surface area contributed by atoms with E-state index in [1.54, 1.807) is 0 Å². The van der Waals surface area contributed by atoms with Crippen LogP contribution in [0.1, 0.15) is 20.3 Å². The molecular weight excluding hydrogens is 285 g/mol. The second-order valence-electron chi connectivity index (χ2n) is 3.93. The number of carbonyl (C=O) groups is 2. The van der Waals surface area contributed by atoms with E-state index >= 15 is 0 Å². The molecule has 0 amide bonds. The van der Waals surface area contributed by atoms with Gasteiger partial charge >= 0.3 is 18.0 Å². The third-order valence-electron chi connectivity index (χ3n) is 1.89. The maximum atomic E-state index is 12.8. The number of rotatable bonds is 5. The van der Waals surface area contributed by atoms with E-state index in [1.165, 1.54) is 13.8 Å². The molecular formula is C10H9F7O2. The minimum Gasteiger partial charge on any atom is -0.294 e. The molecule has 0 N–H and O–H groups in total. The molecule has 9 heteroatoms. The largest absolute Gasteiger partial charge is 0.460 e. The fourth-order valence-corrected chi connectivity index (χ4v) is 0.995. The summed E-state index contributed by atoms with van der Waals surface area (Å²) in [4.78, 5) is 21.7. The van der Waals surface area contributed by atoms with E-state index in [1.807, 2.05) is 0 Å². The zero-order valence-electron chi connectivity index (χ0n) is 9.75. The highest BCUT2D eigenvalue weighted by Gasteiger charge is 2.75. The number of allylic oxidation sites excluding steroid dienone is 2. The highest BCUT2D eigenvalue weighted by atomic mass is 19.4. The van der Waals surface area contributed by atoms with E-state index < -0.39 is 36.0 Å². The number of halogens is 7. The van der Waals surface area contributed by atoms with Crippen molar-refractivity contribution in [3.05, 3.63) is 11.6 Å². The lowest BCUT2D eigenvalue weighted by Gasteiger charge is -2.26. The molecule has 110 valence electrons. The molecule has 2 nitrogen and oxygen atoms in total. The first kappa shape index (κ1) is 17.6. The van der Waals surface area contributed by atoms with Crippen LogP contribution in [-0.2, 0) is 9.59 Å². The van der Waals surface area contributed by atoms with Gasteiger partial charge in [-0.1, -0.05) is 5.57 Å². The Labute approximate surface area is 103 Å². The van der Waals surface area contributed by atoms with Gasteiger partial charge in [0.05, 0.1) is 6.42 Å². The molecule has 0 heterocycles. The van der Waals surface area contributed by atoms with Gasteiger partial charge in [-0.3, -0.25) is 9.59 Å². The van der Waals surface area contributed by atoms with Crippen LogP contribution in [0.4, 0.5) is 30.7 Å². The lowest BCUT2D eigenvalue weighted by Crippen LogP contribution is -2.56. The second kappa shape index (κ2) is 5.30. The zero-order chi connectivity index (χ0) is 15.6. The normalized spacial score (nSPS) is 13.1. The second-order valence-corrected chi connectivity index (χ2v) is 3.93. The average Bonchev–Trinajstić information content (AvgIpc) is 2.13. The maximum absolute atomic E-state index is 12.8. The molecule has 0 saturated heterocycles. The molecule has 0 aliphatic carbocycles. The molecule has 0 aromatic rings. The fraction of sp³-hybridized carbons (Fsp3) is 0.600. The van der Waals surface area contributed by atoms with Crippen LogP contribution in [0.15, 0.2) is 11.6 Å². The highest BCUT2D eigenvalue weighted by molar-refractivity contribution is 6.07. The molecule has 0 bridgehead atoms. The van der Waals surface area contributed by atoms with Crippen molar-refractivity contribution in [2.45, 2.75) is 38.3 Å². The van der Waals surface area contributed by atoms with Crippen LogP contribution in [0.5, 0.6) is 0 Å². The Hall–Kier alpha value is -1.41. The molecule has 0 atom stereocenters. The van der Waals surface area contributed by atoms with Gasteiger partial charge in [-0.05, 0) is 19.9 Å². The molecule has 0 rings (SSSR count). The lowest BCUT2D eigenvalue weighted by atomic mass is 10.0. The van der Waals surface area contributed by atoms with Gasteiger partial charge in [0.15, 0.2) is 5.78 Å². The van der Waals surface area contributed by atoms with Gasteiger partial charge in [0.1, 0.15) is 0 Å². The summed E-state index contributed by atoms with van der Waals surface area (Å²) >= 11 is 0. The first-order chi connectivity index (χ1) is 8.23. The summed E-state index contributed by atoms with van der Waals surface area (Å²) in [5.74, 6) is -16.6. The van der Waals surface area contributed by atoms with E-state index in [4.69, 9.17) is 0 Å². The molecule has 19 heavy (non-hydrogen) atoms. The van der Waals surface area contributed by atoms with Gasteiger partial charge in [0.25, 0.3) is 0 Å². The van der Waals surface area contributed by atoms with Gasteiger partial charge in [-0.15, -0.1) is 0 Å². The van der Waals surface area contributed by atoms with Crippen molar-refractivity contribution in [3.63, 3.8) is 0 Å². The van der Waals surface area contributed by atoms with Crippen LogP contribution in [0.3, 0.4) is 0 Å². The molecule has 0 spiro atoms. The summed E-state index contributed by atoms with van der Waals surface area (Å²) in [6.45, 7) is 2.70. The Kier molecular flexibility index (Phi) is 4.90. The number of carbonyl (C=O) groups excluding carboxylic acids is 2. The molecule has 0 aliphatic rings. The molecule has 0 aromatic heterocycles. The quantitative estimate of drug-likeness (QED) is 0.443. The van der Waals surface area contributed by atoms with E-state index in [0.29, 0.717) is 6.08 Å². The topological polar surface area (TPSA) is 34.1 Å². The minimum absolute atomic E-state index is 0.281. The first-order valence-electron chi connectivity index (χ1n) is 4.77. The van der Waals surface area contributed by atoms with Crippen LogP contribution in [-0.4, -0.2) is 29.6 Å². The molecule has 0 fully saturated rings. The van der Waals surface area contributed by atoms with Crippen LogP contribution in [0.2, 0.25) is 0 Å². The molecule has 0 saturated carbocycles. The van der Waals surface area contributed by atoms with E-state index in [9.17, 15) is 40.3 Å².